The lowest BCUT2D eigenvalue weighted by molar-refractivity contribution is -0.380. The number of hydrogen-bond acceptors (Lipinski definition) is 5. The third-order valence-corrected chi connectivity index (χ3v) is 3.67. The molecule has 0 unspecified atom stereocenters. The molecule has 0 atom stereocenters. The molecule has 0 bridgehead atoms. The van der Waals surface area contributed by atoms with Crippen LogP contribution >= 0.6 is 11.3 Å². The highest BCUT2D eigenvalue weighted by Crippen LogP contribution is 2.23. The molecule has 0 aliphatic rings. The molecule has 5 nitrogen and oxygen atoms in total. The third-order valence-electron chi connectivity index (χ3n) is 2.63. The zero-order chi connectivity index (χ0) is 13.7. The Morgan fingerprint density at radius 1 is 1.21 bits per heavy atom. The molecule has 0 spiro atoms. The highest BCUT2D eigenvalue weighted by atomic mass is 32.1. The van der Waals surface area contributed by atoms with E-state index in [1.54, 1.807) is 6.07 Å². The Balaban J connectivity index is 1.86. The van der Waals surface area contributed by atoms with Gasteiger partial charge in [0.25, 0.3) is 0 Å². The van der Waals surface area contributed by atoms with E-state index in [4.69, 9.17) is 5.11 Å². The second kappa shape index (κ2) is 6.42. The minimum absolute atomic E-state index is 0.0327. The van der Waals surface area contributed by atoms with Crippen molar-refractivity contribution in [1.29, 1.82) is 0 Å². The Hall–Kier alpha value is -1.76. The Morgan fingerprint density at radius 3 is 2.68 bits per heavy atom. The average Bonchev–Trinajstić information content (AvgIpc) is 2.88. The number of nitrogens with one attached hydrogen (secondary N) is 1. The number of rotatable bonds is 6. The fraction of sp³-hybridized carbons (Fsp3) is 0.231. The molecular weight excluding hydrogens is 264 g/mol. The maximum atomic E-state index is 10.6. The van der Waals surface area contributed by atoms with Gasteiger partial charge in [0.05, 0.1) is 11.5 Å². The second-order valence-corrected chi connectivity index (χ2v) is 5.23. The maximum Gasteiger partial charge on any atom is 0.324 e. The molecule has 0 saturated heterocycles. The van der Waals surface area contributed by atoms with Gasteiger partial charge in [0.1, 0.15) is 0 Å². The van der Waals surface area contributed by atoms with Crippen molar-refractivity contribution in [3.8, 4) is 0 Å². The molecule has 1 heterocycles. The van der Waals surface area contributed by atoms with E-state index < -0.39 is 0 Å². The Morgan fingerprint density at radius 2 is 2.00 bits per heavy atom. The van der Waals surface area contributed by atoms with Crippen LogP contribution in [0.1, 0.15) is 16.0 Å². The molecule has 6 heteroatoms. The second-order valence-electron chi connectivity index (χ2n) is 4.08. The molecule has 0 aliphatic heterocycles. The van der Waals surface area contributed by atoms with Gasteiger partial charge >= 0.3 is 5.00 Å². The van der Waals surface area contributed by atoms with Crippen molar-refractivity contribution in [1.82, 2.24) is 5.32 Å². The van der Waals surface area contributed by atoms with Crippen molar-refractivity contribution in [2.75, 3.05) is 0 Å². The zero-order valence-electron chi connectivity index (χ0n) is 10.2. The van der Waals surface area contributed by atoms with Crippen LogP contribution in [-0.2, 0) is 19.7 Å². The molecule has 0 aliphatic carbocycles. The van der Waals surface area contributed by atoms with Crippen molar-refractivity contribution in [2.24, 2.45) is 0 Å². The summed E-state index contributed by atoms with van der Waals surface area (Å²) in [6.07, 6.45) is 0. The molecule has 0 fully saturated rings. The van der Waals surface area contributed by atoms with Crippen LogP contribution in [0.25, 0.3) is 0 Å². The number of aliphatic hydroxyl groups is 1. The van der Waals surface area contributed by atoms with Crippen LogP contribution in [0.2, 0.25) is 0 Å². The van der Waals surface area contributed by atoms with Gasteiger partial charge in [0.2, 0.25) is 0 Å². The van der Waals surface area contributed by atoms with Crippen LogP contribution < -0.4 is 5.32 Å². The van der Waals surface area contributed by atoms with Crippen molar-refractivity contribution < 1.29 is 10.0 Å². The largest absolute Gasteiger partial charge is 0.392 e. The smallest absolute Gasteiger partial charge is 0.324 e. The topological polar surface area (TPSA) is 75.4 Å². The molecule has 0 radical (unpaired) electrons. The molecule has 2 N–H and O–H groups in total. The summed E-state index contributed by atoms with van der Waals surface area (Å²) in [6.45, 7) is 1.30. The number of thiophene rings is 1. The van der Waals surface area contributed by atoms with E-state index in [1.165, 1.54) is 17.4 Å². The first-order chi connectivity index (χ1) is 9.19. The summed E-state index contributed by atoms with van der Waals surface area (Å²) in [6, 6.07) is 11.0. The minimum Gasteiger partial charge on any atom is -0.392 e. The van der Waals surface area contributed by atoms with Gasteiger partial charge in [-0.15, -0.1) is 0 Å². The van der Waals surface area contributed by atoms with Gasteiger partial charge < -0.3 is 10.4 Å². The highest BCUT2D eigenvalue weighted by molar-refractivity contribution is 7.15. The van der Waals surface area contributed by atoms with E-state index in [0.29, 0.717) is 13.1 Å². The fourth-order valence-corrected chi connectivity index (χ4v) is 2.52. The van der Waals surface area contributed by atoms with Crippen LogP contribution in [0, 0.1) is 10.1 Å². The van der Waals surface area contributed by atoms with Gasteiger partial charge in [-0.2, -0.15) is 0 Å². The molecule has 1 aromatic carbocycles. The van der Waals surface area contributed by atoms with Gasteiger partial charge in [-0.3, -0.25) is 10.1 Å². The number of benzene rings is 1. The summed E-state index contributed by atoms with van der Waals surface area (Å²) in [5.41, 5.74) is 1.96. The molecule has 2 aromatic rings. The molecule has 100 valence electrons. The minimum atomic E-state index is -0.376. The van der Waals surface area contributed by atoms with Gasteiger partial charge in [0, 0.05) is 24.0 Å². The van der Waals surface area contributed by atoms with Crippen molar-refractivity contribution in [3.63, 3.8) is 0 Å². The quantitative estimate of drug-likeness (QED) is 0.628. The number of aliphatic hydroxyl groups excluding tert-OH is 1. The molecule has 0 saturated carbocycles. The van der Waals surface area contributed by atoms with Crippen LogP contribution in [0.5, 0.6) is 0 Å². The van der Waals surface area contributed by atoms with Gasteiger partial charge in [0.15, 0.2) is 0 Å². The Bertz CT molecular complexity index is 569. The fourth-order valence-electron chi connectivity index (χ4n) is 1.73. The third kappa shape index (κ3) is 3.85. The average molecular weight is 278 g/mol. The van der Waals surface area contributed by atoms with E-state index in [0.717, 1.165) is 16.0 Å². The summed E-state index contributed by atoms with van der Waals surface area (Å²) in [5.74, 6) is 0. The van der Waals surface area contributed by atoms with Crippen molar-refractivity contribution >= 4 is 16.3 Å². The van der Waals surface area contributed by atoms with E-state index in [2.05, 4.69) is 5.32 Å². The first kappa shape index (κ1) is 13.7. The van der Waals surface area contributed by atoms with Crippen molar-refractivity contribution in [3.05, 3.63) is 62.5 Å². The van der Waals surface area contributed by atoms with Gasteiger partial charge in [-0.1, -0.05) is 35.6 Å². The number of hydrogen-bond donors (Lipinski definition) is 2. The van der Waals surface area contributed by atoms with E-state index >= 15 is 0 Å². The van der Waals surface area contributed by atoms with Crippen LogP contribution in [0.3, 0.4) is 0 Å². The SMILES string of the molecule is O=[N+]([O-])c1ccc(CNCc2cccc(CO)c2)s1. The lowest BCUT2D eigenvalue weighted by atomic mass is 10.1. The Labute approximate surface area is 114 Å². The maximum absolute atomic E-state index is 10.6. The van der Waals surface area contributed by atoms with Gasteiger partial charge in [-0.25, -0.2) is 0 Å². The predicted molar refractivity (Wildman–Crippen MR) is 73.9 cm³/mol. The number of nitrogens with zero attached hydrogens (tertiary/aromatic N) is 1. The lowest BCUT2D eigenvalue weighted by Crippen LogP contribution is -2.11. The summed E-state index contributed by atoms with van der Waals surface area (Å²) in [7, 11) is 0. The van der Waals surface area contributed by atoms with Crippen LogP contribution in [0.15, 0.2) is 36.4 Å². The first-order valence-electron chi connectivity index (χ1n) is 5.81. The van der Waals surface area contributed by atoms with E-state index in [9.17, 15) is 10.1 Å². The molecular formula is C13H14N2O3S. The molecule has 0 amide bonds. The molecule has 2 rings (SSSR count). The summed E-state index contributed by atoms with van der Waals surface area (Å²) >= 11 is 1.18. The van der Waals surface area contributed by atoms with E-state index in [-0.39, 0.29) is 16.5 Å². The normalized spacial score (nSPS) is 10.6. The monoisotopic (exact) mass is 278 g/mol. The van der Waals surface area contributed by atoms with E-state index in [1.807, 2.05) is 24.3 Å². The standard InChI is InChI=1S/C13H14N2O3S/c16-9-11-3-1-2-10(6-11)7-14-8-12-4-5-13(19-12)15(17)18/h1-6,14,16H,7-9H2. The van der Waals surface area contributed by atoms with Gasteiger partial charge in [-0.05, 0) is 17.2 Å². The number of nitro groups is 1. The Kier molecular flexibility index (Phi) is 4.62. The van der Waals surface area contributed by atoms with Crippen LogP contribution in [0.4, 0.5) is 5.00 Å². The lowest BCUT2D eigenvalue weighted by Gasteiger charge is -2.04. The summed E-state index contributed by atoms with van der Waals surface area (Å²) < 4.78 is 0. The van der Waals surface area contributed by atoms with Crippen molar-refractivity contribution in [2.45, 2.75) is 19.7 Å². The highest BCUT2D eigenvalue weighted by Gasteiger charge is 2.08. The summed E-state index contributed by atoms with van der Waals surface area (Å²) in [5, 5.41) is 23.0. The summed E-state index contributed by atoms with van der Waals surface area (Å²) in [4.78, 5) is 11.1. The predicted octanol–water partition coefficient (Wildman–Crippen LogP) is 2.44. The molecule has 1 aromatic heterocycles. The zero-order valence-corrected chi connectivity index (χ0v) is 11.0. The first-order valence-corrected chi connectivity index (χ1v) is 6.63. The van der Waals surface area contributed by atoms with Crippen LogP contribution in [-0.4, -0.2) is 10.0 Å². The molecule has 19 heavy (non-hydrogen) atoms.